The molecule has 88 valence electrons. The molecule has 1 aromatic carbocycles. The molecule has 1 aliphatic carbocycles. The number of aryl methyl sites for hydroxylation is 1. The fourth-order valence-corrected chi connectivity index (χ4v) is 3.11. The molecule has 0 amide bonds. The highest BCUT2D eigenvalue weighted by Gasteiger charge is 2.25. The van der Waals surface area contributed by atoms with Gasteiger partial charge in [0.15, 0.2) is 0 Å². The van der Waals surface area contributed by atoms with Crippen molar-refractivity contribution < 1.29 is 0 Å². The number of nitrogens with one attached hydrogen (secondary N) is 1. The molecule has 16 heavy (non-hydrogen) atoms. The van der Waals surface area contributed by atoms with Crippen LogP contribution in [0.15, 0.2) is 24.3 Å². The van der Waals surface area contributed by atoms with Gasteiger partial charge in [0.25, 0.3) is 0 Å². The highest BCUT2D eigenvalue weighted by atomic mass is 14.9. The second-order valence-electron chi connectivity index (χ2n) is 4.91. The highest BCUT2D eigenvalue weighted by Crippen LogP contribution is 2.35. The topological polar surface area (TPSA) is 12.0 Å². The molecule has 1 N–H and O–H groups in total. The van der Waals surface area contributed by atoms with Gasteiger partial charge in [-0.15, -0.1) is 0 Å². The molecule has 2 atom stereocenters. The summed E-state index contributed by atoms with van der Waals surface area (Å²) in [6.45, 7) is 2.30. The largest absolute Gasteiger partial charge is 0.313 e. The van der Waals surface area contributed by atoms with Gasteiger partial charge in [0.05, 0.1) is 0 Å². The lowest BCUT2D eigenvalue weighted by molar-refractivity contribution is 0.337. The Bertz CT molecular complexity index is 332. The first kappa shape index (κ1) is 11.7. The zero-order chi connectivity index (χ0) is 11.4. The van der Waals surface area contributed by atoms with Crippen molar-refractivity contribution in [2.45, 2.75) is 45.1 Å². The van der Waals surface area contributed by atoms with Gasteiger partial charge in [0.2, 0.25) is 0 Å². The molecule has 0 bridgehead atoms. The van der Waals surface area contributed by atoms with Gasteiger partial charge in [-0.25, -0.2) is 0 Å². The Morgan fingerprint density at radius 1 is 1.31 bits per heavy atom. The van der Waals surface area contributed by atoms with Gasteiger partial charge in [-0.3, -0.25) is 0 Å². The summed E-state index contributed by atoms with van der Waals surface area (Å²) in [5.74, 6) is 0.818. The van der Waals surface area contributed by atoms with Gasteiger partial charge in [-0.1, -0.05) is 37.6 Å². The number of fused-ring (bicyclic) bond motifs is 1. The summed E-state index contributed by atoms with van der Waals surface area (Å²) in [5, 5.41) is 3.54. The smallest absolute Gasteiger partial charge is 0.0348 e. The minimum Gasteiger partial charge on any atom is -0.313 e. The molecule has 0 saturated carbocycles. The van der Waals surface area contributed by atoms with E-state index >= 15 is 0 Å². The molecule has 0 saturated heterocycles. The van der Waals surface area contributed by atoms with E-state index in [1.165, 1.54) is 32.1 Å². The van der Waals surface area contributed by atoms with Crippen LogP contribution in [0.3, 0.4) is 0 Å². The molecule has 2 rings (SSSR count). The Hall–Kier alpha value is -0.820. The Kier molecular flexibility index (Phi) is 4.00. The first-order valence-electron chi connectivity index (χ1n) is 6.62. The SMILES string of the molecule is CCCC1CCCc2ccccc2C1NC. The van der Waals surface area contributed by atoms with Crippen molar-refractivity contribution in [1.82, 2.24) is 5.32 Å². The molecular formula is C15H23N. The van der Waals surface area contributed by atoms with Crippen LogP contribution in [0, 0.1) is 5.92 Å². The van der Waals surface area contributed by atoms with Gasteiger partial charge >= 0.3 is 0 Å². The van der Waals surface area contributed by atoms with Gasteiger partial charge in [0.1, 0.15) is 0 Å². The molecule has 2 unspecified atom stereocenters. The molecular weight excluding hydrogens is 194 g/mol. The maximum Gasteiger partial charge on any atom is 0.0348 e. The van der Waals surface area contributed by atoms with Crippen LogP contribution in [0.2, 0.25) is 0 Å². The zero-order valence-electron chi connectivity index (χ0n) is 10.5. The van der Waals surface area contributed by atoms with E-state index in [4.69, 9.17) is 0 Å². The summed E-state index contributed by atoms with van der Waals surface area (Å²) < 4.78 is 0. The molecule has 0 fully saturated rings. The predicted octanol–water partition coefficient (Wildman–Crippen LogP) is 3.70. The van der Waals surface area contributed by atoms with Crippen molar-refractivity contribution in [2.24, 2.45) is 5.92 Å². The lowest BCUT2D eigenvalue weighted by atomic mass is 9.87. The molecule has 1 aromatic rings. The summed E-state index contributed by atoms with van der Waals surface area (Å²) in [6, 6.07) is 9.53. The minimum atomic E-state index is 0.568. The summed E-state index contributed by atoms with van der Waals surface area (Å²) >= 11 is 0. The van der Waals surface area contributed by atoms with E-state index in [0.29, 0.717) is 6.04 Å². The first-order valence-corrected chi connectivity index (χ1v) is 6.62. The fraction of sp³-hybridized carbons (Fsp3) is 0.600. The van der Waals surface area contributed by atoms with Crippen molar-refractivity contribution in [1.29, 1.82) is 0 Å². The maximum absolute atomic E-state index is 3.54. The van der Waals surface area contributed by atoms with Crippen molar-refractivity contribution in [3.63, 3.8) is 0 Å². The van der Waals surface area contributed by atoms with Gasteiger partial charge < -0.3 is 5.32 Å². The summed E-state index contributed by atoms with van der Waals surface area (Å²) in [4.78, 5) is 0. The second-order valence-corrected chi connectivity index (χ2v) is 4.91. The first-order chi connectivity index (χ1) is 7.86. The number of benzene rings is 1. The van der Waals surface area contributed by atoms with E-state index < -0.39 is 0 Å². The molecule has 0 radical (unpaired) electrons. The molecule has 0 aliphatic heterocycles. The van der Waals surface area contributed by atoms with Gasteiger partial charge in [-0.05, 0) is 49.8 Å². The zero-order valence-corrected chi connectivity index (χ0v) is 10.5. The number of rotatable bonds is 3. The van der Waals surface area contributed by atoms with Crippen LogP contribution < -0.4 is 5.32 Å². The Balaban J connectivity index is 2.30. The van der Waals surface area contributed by atoms with E-state index in [1.807, 2.05) is 0 Å². The average molecular weight is 217 g/mol. The van der Waals surface area contributed by atoms with Crippen LogP contribution >= 0.6 is 0 Å². The molecule has 0 heterocycles. The van der Waals surface area contributed by atoms with Crippen molar-refractivity contribution >= 4 is 0 Å². The van der Waals surface area contributed by atoms with E-state index in [-0.39, 0.29) is 0 Å². The summed E-state index contributed by atoms with van der Waals surface area (Å²) in [6.07, 6.45) is 6.62. The third-order valence-corrected chi connectivity index (χ3v) is 3.85. The average Bonchev–Trinajstić information content (AvgIpc) is 2.48. The lowest BCUT2D eigenvalue weighted by Crippen LogP contribution is -2.24. The van der Waals surface area contributed by atoms with Crippen molar-refractivity contribution in [3.8, 4) is 0 Å². The van der Waals surface area contributed by atoms with Crippen LogP contribution in [0.4, 0.5) is 0 Å². The lowest BCUT2D eigenvalue weighted by Gasteiger charge is -2.26. The monoisotopic (exact) mass is 217 g/mol. The third kappa shape index (κ3) is 2.30. The van der Waals surface area contributed by atoms with Gasteiger partial charge in [0, 0.05) is 6.04 Å². The predicted molar refractivity (Wildman–Crippen MR) is 69.6 cm³/mol. The van der Waals surface area contributed by atoms with Crippen LogP contribution in [-0.4, -0.2) is 7.05 Å². The summed E-state index contributed by atoms with van der Waals surface area (Å²) in [7, 11) is 2.11. The normalized spacial score (nSPS) is 24.9. The summed E-state index contributed by atoms with van der Waals surface area (Å²) in [5.41, 5.74) is 3.10. The van der Waals surface area contributed by atoms with Gasteiger partial charge in [-0.2, -0.15) is 0 Å². The van der Waals surface area contributed by atoms with Crippen LogP contribution in [0.25, 0.3) is 0 Å². The van der Waals surface area contributed by atoms with Crippen molar-refractivity contribution in [2.75, 3.05) is 7.05 Å². The fourth-order valence-electron chi connectivity index (χ4n) is 3.11. The number of hydrogen-bond donors (Lipinski definition) is 1. The van der Waals surface area contributed by atoms with Crippen LogP contribution in [0.1, 0.15) is 49.8 Å². The maximum atomic E-state index is 3.54. The molecule has 1 nitrogen and oxygen atoms in total. The van der Waals surface area contributed by atoms with Crippen LogP contribution in [0.5, 0.6) is 0 Å². The molecule has 0 spiro atoms. The van der Waals surface area contributed by atoms with E-state index in [2.05, 4.69) is 43.6 Å². The van der Waals surface area contributed by atoms with E-state index in [0.717, 1.165) is 5.92 Å². The third-order valence-electron chi connectivity index (χ3n) is 3.85. The van der Waals surface area contributed by atoms with Crippen LogP contribution in [-0.2, 0) is 6.42 Å². The Labute approximate surface area is 99.3 Å². The minimum absolute atomic E-state index is 0.568. The number of hydrogen-bond acceptors (Lipinski definition) is 1. The molecule has 1 aliphatic rings. The van der Waals surface area contributed by atoms with E-state index in [1.54, 1.807) is 11.1 Å². The Morgan fingerprint density at radius 3 is 2.88 bits per heavy atom. The molecule has 0 aromatic heterocycles. The highest BCUT2D eigenvalue weighted by molar-refractivity contribution is 5.31. The molecule has 1 heteroatoms. The quantitative estimate of drug-likeness (QED) is 0.761. The van der Waals surface area contributed by atoms with Crippen molar-refractivity contribution in [3.05, 3.63) is 35.4 Å². The second kappa shape index (κ2) is 5.49. The Morgan fingerprint density at radius 2 is 2.12 bits per heavy atom. The van der Waals surface area contributed by atoms with E-state index in [9.17, 15) is 0 Å². The standard InChI is InChI=1S/C15H23N/c1-3-7-13-10-6-9-12-8-4-5-11-14(12)15(13)16-2/h4-5,8,11,13,15-16H,3,6-7,9-10H2,1-2H3.